The lowest BCUT2D eigenvalue weighted by molar-refractivity contribution is -0.144. The van der Waals surface area contributed by atoms with Crippen molar-refractivity contribution in [2.45, 2.75) is 36.9 Å². The molecule has 0 bridgehead atoms. The molecular weight excluding hydrogens is 384 g/mol. The molecule has 1 aromatic carbocycles. The Hall–Kier alpha value is -3.52. The fourth-order valence-corrected chi connectivity index (χ4v) is 4.23. The highest BCUT2D eigenvalue weighted by Gasteiger charge is 2.53. The molecule has 1 aliphatic carbocycles. The Morgan fingerprint density at radius 3 is 2.60 bits per heavy atom. The van der Waals surface area contributed by atoms with Crippen molar-refractivity contribution in [3.8, 4) is 5.69 Å². The summed E-state index contributed by atoms with van der Waals surface area (Å²) in [4.78, 5) is 29.1. The first-order chi connectivity index (χ1) is 14.5. The molecule has 3 aromatic rings. The van der Waals surface area contributed by atoms with E-state index in [2.05, 4.69) is 15.4 Å². The Balaban J connectivity index is 1.29. The van der Waals surface area contributed by atoms with E-state index < -0.39 is 23.1 Å². The fraction of sp³-hybridized carbons (Fsp3) is 0.273. The van der Waals surface area contributed by atoms with Crippen LogP contribution >= 0.6 is 0 Å². The first kappa shape index (κ1) is 18.5. The molecule has 2 N–H and O–H groups in total. The number of benzene rings is 1. The standard InChI is InChI=1S/C22H20N4O4/c27-19-18-16(7-4-13-23-18)22(30-19)11-9-21(29,10-12-22)20(28)24-17-8-14-26(25-17)15-5-2-1-3-6-15/h1-8,13-14,29H,9-12H2,(H,24,25,28)/t21-,22-. The van der Waals surface area contributed by atoms with Crippen LogP contribution in [0.2, 0.25) is 0 Å². The largest absolute Gasteiger partial charge is 0.449 e. The van der Waals surface area contributed by atoms with Crippen molar-refractivity contribution >= 4 is 17.7 Å². The molecular formula is C22H20N4O4. The molecule has 0 unspecified atom stereocenters. The van der Waals surface area contributed by atoms with E-state index in [0.717, 1.165) is 11.3 Å². The number of hydrogen-bond donors (Lipinski definition) is 2. The van der Waals surface area contributed by atoms with Gasteiger partial charge in [0.05, 0.1) is 5.69 Å². The van der Waals surface area contributed by atoms with E-state index in [1.165, 1.54) is 0 Å². The number of aromatic nitrogens is 3. The van der Waals surface area contributed by atoms with Gasteiger partial charge in [-0.05, 0) is 43.9 Å². The van der Waals surface area contributed by atoms with E-state index in [1.807, 2.05) is 36.4 Å². The third kappa shape index (κ3) is 2.96. The zero-order valence-electron chi connectivity index (χ0n) is 16.1. The predicted molar refractivity (Wildman–Crippen MR) is 107 cm³/mol. The monoisotopic (exact) mass is 404 g/mol. The molecule has 0 atom stereocenters. The van der Waals surface area contributed by atoms with E-state index in [0.29, 0.717) is 24.4 Å². The number of pyridine rings is 1. The number of amides is 1. The molecule has 5 rings (SSSR count). The summed E-state index contributed by atoms with van der Waals surface area (Å²) in [5, 5.41) is 18.0. The number of aliphatic hydroxyl groups is 1. The second kappa shape index (κ2) is 6.77. The van der Waals surface area contributed by atoms with Gasteiger partial charge in [0.1, 0.15) is 11.2 Å². The summed E-state index contributed by atoms with van der Waals surface area (Å²) in [6, 6.07) is 14.8. The molecule has 8 heteroatoms. The smallest absolute Gasteiger partial charge is 0.358 e. The van der Waals surface area contributed by atoms with Gasteiger partial charge in [-0.1, -0.05) is 24.3 Å². The van der Waals surface area contributed by atoms with Crippen molar-refractivity contribution in [1.29, 1.82) is 0 Å². The first-order valence-electron chi connectivity index (χ1n) is 9.83. The summed E-state index contributed by atoms with van der Waals surface area (Å²) in [7, 11) is 0. The molecule has 8 nitrogen and oxygen atoms in total. The third-order valence-corrected chi connectivity index (χ3v) is 5.94. The topological polar surface area (TPSA) is 106 Å². The lowest BCUT2D eigenvalue weighted by Gasteiger charge is -2.40. The lowest BCUT2D eigenvalue weighted by Crippen LogP contribution is -2.49. The van der Waals surface area contributed by atoms with Gasteiger partial charge in [-0.15, -0.1) is 0 Å². The molecule has 152 valence electrons. The predicted octanol–water partition coefficient (Wildman–Crippen LogP) is 2.58. The maximum absolute atomic E-state index is 12.8. The molecule has 1 spiro atoms. The van der Waals surface area contributed by atoms with Crippen LogP contribution < -0.4 is 5.32 Å². The number of esters is 1. The second-order valence-electron chi connectivity index (χ2n) is 7.75. The van der Waals surface area contributed by atoms with Crippen molar-refractivity contribution in [3.63, 3.8) is 0 Å². The van der Waals surface area contributed by atoms with Crippen LogP contribution in [0.1, 0.15) is 41.7 Å². The third-order valence-electron chi connectivity index (χ3n) is 5.94. The zero-order valence-corrected chi connectivity index (χ0v) is 16.1. The zero-order chi connectivity index (χ0) is 20.8. The summed E-state index contributed by atoms with van der Waals surface area (Å²) >= 11 is 0. The first-order valence-corrected chi connectivity index (χ1v) is 9.83. The summed E-state index contributed by atoms with van der Waals surface area (Å²) < 4.78 is 7.29. The molecule has 1 fully saturated rings. The molecule has 30 heavy (non-hydrogen) atoms. The molecule has 3 heterocycles. The molecule has 0 saturated heterocycles. The molecule has 1 aliphatic heterocycles. The number of fused-ring (bicyclic) bond motifs is 2. The Kier molecular flexibility index (Phi) is 4.18. The van der Waals surface area contributed by atoms with Crippen LogP contribution in [0, 0.1) is 0 Å². The summed E-state index contributed by atoms with van der Waals surface area (Å²) in [5.41, 5.74) is -0.453. The van der Waals surface area contributed by atoms with Gasteiger partial charge in [0.25, 0.3) is 5.91 Å². The van der Waals surface area contributed by atoms with E-state index in [9.17, 15) is 14.7 Å². The van der Waals surface area contributed by atoms with Crippen LogP contribution in [0.25, 0.3) is 5.69 Å². The molecule has 2 aromatic heterocycles. The minimum atomic E-state index is -1.56. The quantitative estimate of drug-likeness (QED) is 0.650. The van der Waals surface area contributed by atoms with Crippen LogP contribution in [0.5, 0.6) is 0 Å². The fourth-order valence-electron chi connectivity index (χ4n) is 4.23. The van der Waals surface area contributed by atoms with Crippen molar-refractivity contribution in [3.05, 3.63) is 72.2 Å². The van der Waals surface area contributed by atoms with E-state index in [4.69, 9.17) is 4.74 Å². The maximum atomic E-state index is 12.8. The average molecular weight is 404 g/mol. The number of hydrogen-bond acceptors (Lipinski definition) is 6. The van der Waals surface area contributed by atoms with Gasteiger partial charge in [0, 0.05) is 24.0 Å². The van der Waals surface area contributed by atoms with Crippen molar-refractivity contribution in [1.82, 2.24) is 14.8 Å². The van der Waals surface area contributed by atoms with Crippen LogP contribution in [0.4, 0.5) is 5.82 Å². The lowest BCUT2D eigenvalue weighted by atomic mass is 9.73. The summed E-state index contributed by atoms with van der Waals surface area (Å²) in [5.74, 6) is -0.599. The van der Waals surface area contributed by atoms with Crippen LogP contribution in [-0.2, 0) is 15.1 Å². The highest BCUT2D eigenvalue weighted by Crippen LogP contribution is 2.48. The number of nitrogens with one attached hydrogen (secondary N) is 1. The van der Waals surface area contributed by atoms with Gasteiger partial charge in [0.2, 0.25) is 0 Å². The minimum Gasteiger partial charge on any atom is -0.449 e. The van der Waals surface area contributed by atoms with Gasteiger partial charge in [-0.2, -0.15) is 5.10 Å². The summed E-state index contributed by atoms with van der Waals surface area (Å²) in [6.07, 6.45) is 4.33. The average Bonchev–Trinajstić information content (AvgIpc) is 3.35. The molecule has 1 saturated carbocycles. The van der Waals surface area contributed by atoms with E-state index in [-0.39, 0.29) is 12.8 Å². The number of ether oxygens (including phenoxy) is 1. The van der Waals surface area contributed by atoms with E-state index >= 15 is 0 Å². The number of rotatable bonds is 3. The molecule has 2 aliphatic rings. The SMILES string of the molecule is O=C1O[C@]2(CC[C@@](O)(C(=O)Nc3ccn(-c4ccccc4)n3)CC2)c2cccnc21. The number of nitrogens with zero attached hydrogens (tertiary/aromatic N) is 3. The van der Waals surface area contributed by atoms with Gasteiger partial charge in [-0.25, -0.2) is 14.5 Å². The van der Waals surface area contributed by atoms with Crippen molar-refractivity contribution in [2.75, 3.05) is 5.32 Å². The van der Waals surface area contributed by atoms with Crippen molar-refractivity contribution < 1.29 is 19.4 Å². The van der Waals surface area contributed by atoms with Crippen LogP contribution in [0.15, 0.2) is 60.9 Å². The van der Waals surface area contributed by atoms with Gasteiger partial charge >= 0.3 is 5.97 Å². The van der Waals surface area contributed by atoms with Gasteiger partial charge in [-0.3, -0.25) is 4.79 Å². The van der Waals surface area contributed by atoms with Gasteiger partial charge < -0.3 is 15.2 Å². The number of anilines is 1. The maximum Gasteiger partial charge on any atom is 0.358 e. The number of carbonyl (C=O) groups excluding carboxylic acids is 2. The Morgan fingerprint density at radius 2 is 1.83 bits per heavy atom. The Bertz CT molecular complexity index is 1120. The number of para-hydroxylation sites is 1. The second-order valence-corrected chi connectivity index (χ2v) is 7.75. The Morgan fingerprint density at radius 1 is 1.07 bits per heavy atom. The van der Waals surface area contributed by atoms with E-state index in [1.54, 1.807) is 29.2 Å². The minimum absolute atomic E-state index is 0.167. The Labute approximate surface area is 172 Å². The normalized spacial score (nSPS) is 25.0. The van der Waals surface area contributed by atoms with Gasteiger partial charge in [0.15, 0.2) is 11.5 Å². The highest BCUT2D eigenvalue weighted by atomic mass is 16.6. The van der Waals surface area contributed by atoms with Crippen molar-refractivity contribution in [2.24, 2.45) is 0 Å². The number of carbonyl (C=O) groups is 2. The molecule has 1 amide bonds. The van der Waals surface area contributed by atoms with Crippen LogP contribution in [0.3, 0.4) is 0 Å². The summed E-state index contributed by atoms with van der Waals surface area (Å²) in [6.45, 7) is 0. The van der Waals surface area contributed by atoms with Crippen LogP contribution in [-0.4, -0.2) is 37.3 Å². The molecule has 0 radical (unpaired) electrons. The highest BCUT2D eigenvalue weighted by molar-refractivity contribution is 5.97.